The van der Waals surface area contributed by atoms with Crippen LogP contribution in [0, 0.1) is 0 Å². The standard InChI is InChI=1S/C19H22N2/c20-16-11-12-21(13-16)19-17-7-3-1-5-14(17)9-10-15-6-2-4-8-18(15)19/h1-8,16,19H,9-13,20H2. The zero-order valence-electron chi connectivity index (χ0n) is 12.3. The molecule has 2 aromatic rings. The Bertz CT molecular complexity index is 602. The normalized spacial score (nSPS) is 22.6. The van der Waals surface area contributed by atoms with Crippen molar-refractivity contribution in [3.63, 3.8) is 0 Å². The third-order valence-corrected chi connectivity index (χ3v) is 4.98. The molecule has 1 saturated heterocycles. The third-order valence-electron chi connectivity index (χ3n) is 4.98. The van der Waals surface area contributed by atoms with Gasteiger partial charge in [-0.1, -0.05) is 48.5 Å². The molecule has 0 aromatic heterocycles. The number of hydrogen-bond acceptors (Lipinski definition) is 2. The predicted molar refractivity (Wildman–Crippen MR) is 86.3 cm³/mol. The molecule has 1 unspecified atom stereocenters. The van der Waals surface area contributed by atoms with Crippen LogP contribution >= 0.6 is 0 Å². The first kappa shape index (κ1) is 13.1. The Balaban J connectivity index is 1.86. The average Bonchev–Trinajstić information content (AvgIpc) is 2.86. The topological polar surface area (TPSA) is 29.3 Å². The van der Waals surface area contributed by atoms with Crippen molar-refractivity contribution in [1.29, 1.82) is 0 Å². The molecule has 0 spiro atoms. The minimum absolute atomic E-state index is 0.326. The van der Waals surface area contributed by atoms with Gasteiger partial charge < -0.3 is 5.73 Å². The molecule has 0 radical (unpaired) electrons. The Hall–Kier alpha value is -1.64. The fourth-order valence-corrected chi connectivity index (χ4v) is 3.94. The van der Waals surface area contributed by atoms with Gasteiger partial charge in [-0.15, -0.1) is 0 Å². The summed E-state index contributed by atoms with van der Waals surface area (Å²) in [6, 6.07) is 18.6. The third kappa shape index (κ3) is 2.29. The molecule has 0 amide bonds. The summed E-state index contributed by atoms with van der Waals surface area (Å²) in [6.45, 7) is 2.11. The van der Waals surface area contributed by atoms with Crippen LogP contribution in [-0.2, 0) is 12.8 Å². The molecule has 2 heteroatoms. The van der Waals surface area contributed by atoms with Crippen molar-refractivity contribution in [3.05, 3.63) is 70.8 Å². The largest absolute Gasteiger partial charge is 0.326 e. The number of rotatable bonds is 1. The van der Waals surface area contributed by atoms with E-state index in [1.165, 1.54) is 22.3 Å². The Morgan fingerprint density at radius 3 is 1.95 bits per heavy atom. The van der Waals surface area contributed by atoms with Crippen LogP contribution in [0.5, 0.6) is 0 Å². The molecule has 1 atom stereocenters. The van der Waals surface area contributed by atoms with Gasteiger partial charge in [0.05, 0.1) is 6.04 Å². The number of hydrogen-bond donors (Lipinski definition) is 1. The molecule has 21 heavy (non-hydrogen) atoms. The average molecular weight is 278 g/mol. The molecule has 0 bridgehead atoms. The molecular weight excluding hydrogens is 256 g/mol. The minimum Gasteiger partial charge on any atom is -0.326 e. The molecule has 4 rings (SSSR count). The number of fused-ring (bicyclic) bond motifs is 2. The van der Waals surface area contributed by atoms with E-state index < -0.39 is 0 Å². The van der Waals surface area contributed by atoms with Gasteiger partial charge >= 0.3 is 0 Å². The molecule has 2 aromatic carbocycles. The Morgan fingerprint density at radius 1 is 0.857 bits per heavy atom. The second-order valence-corrected chi connectivity index (χ2v) is 6.34. The summed E-state index contributed by atoms with van der Waals surface area (Å²) < 4.78 is 0. The molecule has 2 N–H and O–H groups in total. The zero-order chi connectivity index (χ0) is 14.2. The van der Waals surface area contributed by atoms with Crippen molar-refractivity contribution < 1.29 is 0 Å². The van der Waals surface area contributed by atoms with Crippen LogP contribution < -0.4 is 5.73 Å². The van der Waals surface area contributed by atoms with E-state index >= 15 is 0 Å². The maximum atomic E-state index is 6.17. The summed E-state index contributed by atoms with van der Waals surface area (Å²) >= 11 is 0. The van der Waals surface area contributed by atoms with Crippen LogP contribution in [0.2, 0.25) is 0 Å². The van der Waals surface area contributed by atoms with Crippen molar-refractivity contribution in [2.24, 2.45) is 5.73 Å². The Morgan fingerprint density at radius 2 is 1.43 bits per heavy atom. The van der Waals surface area contributed by atoms with E-state index in [0.29, 0.717) is 12.1 Å². The molecule has 1 aliphatic carbocycles. The second kappa shape index (κ2) is 5.28. The molecular formula is C19H22N2. The van der Waals surface area contributed by atoms with Crippen LogP contribution in [0.25, 0.3) is 0 Å². The Labute approximate surface area is 126 Å². The molecule has 108 valence electrons. The van der Waals surface area contributed by atoms with Gasteiger partial charge in [0, 0.05) is 19.1 Å². The smallest absolute Gasteiger partial charge is 0.0607 e. The maximum absolute atomic E-state index is 6.17. The van der Waals surface area contributed by atoms with Gasteiger partial charge in [0.15, 0.2) is 0 Å². The summed E-state index contributed by atoms with van der Waals surface area (Å²) in [7, 11) is 0. The molecule has 2 aliphatic rings. The lowest BCUT2D eigenvalue weighted by molar-refractivity contribution is 0.277. The van der Waals surface area contributed by atoms with E-state index in [2.05, 4.69) is 53.4 Å². The van der Waals surface area contributed by atoms with Gasteiger partial charge in [-0.25, -0.2) is 0 Å². The van der Waals surface area contributed by atoms with E-state index in [4.69, 9.17) is 5.73 Å². The quantitative estimate of drug-likeness (QED) is 0.869. The summed E-state index contributed by atoms with van der Waals surface area (Å²) in [5, 5.41) is 0. The predicted octanol–water partition coefficient (Wildman–Crippen LogP) is 2.91. The van der Waals surface area contributed by atoms with Gasteiger partial charge in [-0.3, -0.25) is 4.90 Å². The van der Waals surface area contributed by atoms with Crippen molar-refractivity contribution >= 4 is 0 Å². The van der Waals surface area contributed by atoms with E-state index in [9.17, 15) is 0 Å². The highest BCUT2D eigenvalue weighted by molar-refractivity contribution is 5.44. The van der Waals surface area contributed by atoms with Crippen LogP contribution in [0.1, 0.15) is 34.7 Å². The number of nitrogens with zero attached hydrogens (tertiary/aromatic N) is 1. The fraction of sp³-hybridized carbons (Fsp3) is 0.368. The lowest BCUT2D eigenvalue weighted by Gasteiger charge is -2.30. The maximum Gasteiger partial charge on any atom is 0.0607 e. The van der Waals surface area contributed by atoms with Crippen LogP contribution in [-0.4, -0.2) is 24.0 Å². The summed E-state index contributed by atoms with van der Waals surface area (Å²) in [6.07, 6.45) is 3.40. The van der Waals surface area contributed by atoms with Crippen molar-refractivity contribution in [2.75, 3.05) is 13.1 Å². The van der Waals surface area contributed by atoms with Gasteiger partial charge in [0.1, 0.15) is 0 Å². The molecule has 1 fully saturated rings. The molecule has 2 nitrogen and oxygen atoms in total. The monoisotopic (exact) mass is 278 g/mol. The van der Waals surface area contributed by atoms with Gasteiger partial charge in [-0.05, 0) is 41.5 Å². The number of likely N-dealkylation sites (tertiary alicyclic amines) is 1. The fourth-order valence-electron chi connectivity index (χ4n) is 3.94. The lowest BCUT2D eigenvalue weighted by atomic mass is 9.93. The summed E-state index contributed by atoms with van der Waals surface area (Å²) in [5.74, 6) is 0. The van der Waals surface area contributed by atoms with Crippen molar-refractivity contribution in [1.82, 2.24) is 4.90 Å². The highest BCUT2D eigenvalue weighted by atomic mass is 15.2. The molecule has 0 saturated carbocycles. The minimum atomic E-state index is 0.326. The van der Waals surface area contributed by atoms with Gasteiger partial charge in [0.25, 0.3) is 0 Å². The first-order valence-electron chi connectivity index (χ1n) is 7.98. The zero-order valence-corrected chi connectivity index (χ0v) is 12.3. The van der Waals surface area contributed by atoms with Crippen molar-refractivity contribution in [3.8, 4) is 0 Å². The van der Waals surface area contributed by atoms with Crippen LogP contribution in [0.3, 0.4) is 0 Å². The number of benzene rings is 2. The highest BCUT2D eigenvalue weighted by Crippen LogP contribution is 2.37. The van der Waals surface area contributed by atoms with E-state index in [0.717, 1.165) is 32.4 Å². The molecule has 1 aliphatic heterocycles. The van der Waals surface area contributed by atoms with Crippen LogP contribution in [0.15, 0.2) is 48.5 Å². The highest BCUT2D eigenvalue weighted by Gasteiger charge is 2.32. The second-order valence-electron chi connectivity index (χ2n) is 6.34. The Kier molecular flexibility index (Phi) is 3.28. The van der Waals surface area contributed by atoms with Gasteiger partial charge in [-0.2, -0.15) is 0 Å². The summed E-state index contributed by atoms with van der Waals surface area (Å²) in [4.78, 5) is 2.58. The van der Waals surface area contributed by atoms with Gasteiger partial charge in [0.2, 0.25) is 0 Å². The lowest BCUT2D eigenvalue weighted by Crippen LogP contribution is -2.31. The number of nitrogens with two attached hydrogens (primary N) is 1. The molecule has 1 heterocycles. The first-order valence-corrected chi connectivity index (χ1v) is 7.98. The van der Waals surface area contributed by atoms with E-state index in [1.54, 1.807) is 0 Å². The van der Waals surface area contributed by atoms with Crippen molar-refractivity contribution in [2.45, 2.75) is 31.3 Å². The van der Waals surface area contributed by atoms with E-state index in [1.807, 2.05) is 0 Å². The van der Waals surface area contributed by atoms with Crippen LogP contribution in [0.4, 0.5) is 0 Å². The first-order chi connectivity index (χ1) is 10.3. The van der Waals surface area contributed by atoms with E-state index in [-0.39, 0.29) is 0 Å². The SMILES string of the molecule is NC1CCN(C2c3ccccc3CCc3ccccc32)C1. The summed E-state index contributed by atoms with van der Waals surface area (Å²) in [5.41, 5.74) is 12.1. The number of aryl methyl sites for hydroxylation is 2.